The zero-order valence-electron chi connectivity index (χ0n) is 13.4. The molecule has 0 fully saturated rings. The Balaban J connectivity index is 1.93. The van der Waals surface area contributed by atoms with E-state index in [1.807, 2.05) is 30.3 Å². The van der Waals surface area contributed by atoms with Crippen LogP contribution in [0.1, 0.15) is 21.8 Å². The van der Waals surface area contributed by atoms with Crippen LogP contribution in [0, 0.1) is 6.92 Å². The Labute approximate surface area is 138 Å². The number of ether oxygens (including phenoxy) is 1. The first-order valence-electron chi connectivity index (χ1n) is 7.39. The maximum Gasteiger partial charge on any atom is 0.339 e. The molecule has 0 bridgehead atoms. The number of carbonyl (C=O) groups is 1. The molecule has 24 heavy (non-hydrogen) atoms. The lowest BCUT2D eigenvalue weighted by atomic mass is 10.2. The fourth-order valence-electron chi connectivity index (χ4n) is 2.33. The topological polar surface area (TPSA) is 74.3 Å². The molecule has 6 heteroatoms. The molecule has 0 unspecified atom stereocenters. The summed E-state index contributed by atoms with van der Waals surface area (Å²) in [6, 6.07) is 12.3. The zero-order chi connectivity index (χ0) is 17.1. The Kier molecular flexibility index (Phi) is 4.29. The molecule has 0 radical (unpaired) electrons. The predicted molar refractivity (Wildman–Crippen MR) is 87.8 cm³/mol. The highest BCUT2D eigenvalue weighted by molar-refractivity contribution is 5.88. The van der Waals surface area contributed by atoms with E-state index < -0.39 is 5.97 Å². The van der Waals surface area contributed by atoms with Crippen molar-refractivity contribution in [3.05, 3.63) is 76.0 Å². The molecule has 0 aliphatic heterocycles. The Hall–Kier alpha value is -3.15. The van der Waals surface area contributed by atoms with Gasteiger partial charge in [-0.05, 0) is 25.1 Å². The number of aryl methyl sites for hydroxylation is 1. The van der Waals surface area contributed by atoms with Crippen molar-refractivity contribution in [1.82, 2.24) is 9.55 Å². The maximum absolute atomic E-state index is 12.0. The molecule has 3 aromatic rings. The van der Waals surface area contributed by atoms with Gasteiger partial charge in [-0.15, -0.1) is 0 Å². The van der Waals surface area contributed by atoms with Crippen LogP contribution in [-0.2, 0) is 11.3 Å². The molecule has 0 aliphatic carbocycles. The summed E-state index contributed by atoms with van der Waals surface area (Å²) in [7, 11) is 1.30. The molecular formula is C18H16N2O4. The quantitative estimate of drug-likeness (QED) is 0.690. The first-order valence-corrected chi connectivity index (χ1v) is 7.39. The van der Waals surface area contributed by atoms with Crippen molar-refractivity contribution in [2.75, 3.05) is 7.11 Å². The van der Waals surface area contributed by atoms with Crippen LogP contribution in [0.25, 0.3) is 11.5 Å². The lowest BCUT2D eigenvalue weighted by Gasteiger charge is -2.05. The van der Waals surface area contributed by atoms with Gasteiger partial charge in [0, 0.05) is 17.8 Å². The van der Waals surface area contributed by atoms with E-state index in [-0.39, 0.29) is 12.1 Å². The molecule has 2 aromatic heterocycles. The molecule has 0 N–H and O–H groups in total. The standard InChI is InChI=1S/C18H16N2O4/c1-12-15(19-17(24-12)13-6-4-3-5-7-13)11-20-10-14(18(22)23-2)8-9-16(20)21/h3-10H,11H2,1-2H3. The van der Waals surface area contributed by atoms with Crippen molar-refractivity contribution in [2.24, 2.45) is 0 Å². The minimum absolute atomic E-state index is 0.214. The number of esters is 1. The van der Waals surface area contributed by atoms with Crippen LogP contribution in [0.2, 0.25) is 0 Å². The average molecular weight is 324 g/mol. The summed E-state index contributed by atoms with van der Waals surface area (Å²) < 4.78 is 11.8. The van der Waals surface area contributed by atoms with Crippen LogP contribution in [0.5, 0.6) is 0 Å². The Morgan fingerprint density at radius 2 is 1.96 bits per heavy atom. The molecule has 122 valence electrons. The van der Waals surface area contributed by atoms with Crippen molar-refractivity contribution in [3.8, 4) is 11.5 Å². The lowest BCUT2D eigenvalue weighted by molar-refractivity contribution is 0.0599. The molecule has 0 atom stereocenters. The smallest absolute Gasteiger partial charge is 0.339 e. The van der Waals surface area contributed by atoms with Gasteiger partial charge in [0.15, 0.2) is 0 Å². The molecular weight excluding hydrogens is 308 g/mol. The largest absolute Gasteiger partial charge is 0.465 e. The Morgan fingerprint density at radius 3 is 2.67 bits per heavy atom. The number of carbonyl (C=O) groups excluding carboxylic acids is 1. The van der Waals surface area contributed by atoms with Gasteiger partial charge >= 0.3 is 5.97 Å². The highest BCUT2D eigenvalue weighted by atomic mass is 16.5. The van der Waals surface area contributed by atoms with E-state index in [1.54, 1.807) is 6.92 Å². The number of nitrogens with zero attached hydrogens (tertiary/aromatic N) is 2. The number of pyridine rings is 1. The van der Waals surface area contributed by atoms with Crippen molar-refractivity contribution in [1.29, 1.82) is 0 Å². The second-order valence-corrected chi connectivity index (χ2v) is 5.26. The molecule has 3 rings (SSSR count). The third-order valence-corrected chi connectivity index (χ3v) is 3.64. The molecule has 1 aromatic carbocycles. The predicted octanol–water partition coefficient (Wildman–Crippen LogP) is 2.65. The summed E-state index contributed by atoms with van der Waals surface area (Å²) in [5.74, 6) is 0.634. The number of hydrogen-bond acceptors (Lipinski definition) is 5. The lowest BCUT2D eigenvalue weighted by Crippen LogP contribution is -2.21. The number of benzene rings is 1. The van der Waals surface area contributed by atoms with Gasteiger partial charge in [-0.2, -0.15) is 0 Å². The molecule has 2 heterocycles. The van der Waals surface area contributed by atoms with E-state index in [1.165, 1.54) is 30.0 Å². The number of oxazole rings is 1. The highest BCUT2D eigenvalue weighted by Crippen LogP contribution is 2.21. The van der Waals surface area contributed by atoms with Gasteiger partial charge < -0.3 is 13.7 Å². The normalized spacial score (nSPS) is 10.6. The van der Waals surface area contributed by atoms with E-state index in [2.05, 4.69) is 9.72 Å². The van der Waals surface area contributed by atoms with Gasteiger partial charge in [-0.3, -0.25) is 4.79 Å². The van der Waals surface area contributed by atoms with Gasteiger partial charge in [-0.25, -0.2) is 9.78 Å². The second kappa shape index (κ2) is 6.54. The van der Waals surface area contributed by atoms with E-state index in [0.29, 0.717) is 22.9 Å². The summed E-state index contributed by atoms with van der Waals surface area (Å²) in [5, 5.41) is 0. The highest BCUT2D eigenvalue weighted by Gasteiger charge is 2.13. The van der Waals surface area contributed by atoms with Crippen LogP contribution >= 0.6 is 0 Å². The van der Waals surface area contributed by atoms with Gasteiger partial charge in [0.25, 0.3) is 5.56 Å². The van der Waals surface area contributed by atoms with Gasteiger partial charge in [-0.1, -0.05) is 18.2 Å². The maximum atomic E-state index is 12.0. The minimum atomic E-state index is -0.495. The minimum Gasteiger partial charge on any atom is -0.465 e. The van der Waals surface area contributed by atoms with Crippen molar-refractivity contribution in [3.63, 3.8) is 0 Å². The van der Waals surface area contributed by atoms with Crippen LogP contribution in [0.15, 0.2) is 57.9 Å². The Bertz CT molecular complexity index is 926. The van der Waals surface area contributed by atoms with Crippen molar-refractivity contribution >= 4 is 5.97 Å². The third kappa shape index (κ3) is 3.12. The summed E-state index contributed by atoms with van der Waals surface area (Å²) >= 11 is 0. The van der Waals surface area contributed by atoms with Gasteiger partial charge in [0.1, 0.15) is 11.5 Å². The zero-order valence-corrected chi connectivity index (χ0v) is 13.4. The number of aromatic nitrogens is 2. The first-order chi connectivity index (χ1) is 11.6. The van der Waals surface area contributed by atoms with Crippen LogP contribution < -0.4 is 5.56 Å². The number of rotatable bonds is 4. The first kappa shape index (κ1) is 15.7. The fraction of sp³-hybridized carbons (Fsp3) is 0.167. The molecule has 0 spiro atoms. The van der Waals surface area contributed by atoms with Gasteiger partial charge in [0.05, 0.1) is 19.2 Å². The third-order valence-electron chi connectivity index (χ3n) is 3.64. The number of methoxy groups -OCH3 is 1. The van der Waals surface area contributed by atoms with Crippen molar-refractivity contribution < 1.29 is 13.9 Å². The van der Waals surface area contributed by atoms with Crippen LogP contribution in [-0.4, -0.2) is 22.6 Å². The monoisotopic (exact) mass is 324 g/mol. The molecule has 0 aliphatic rings. The average Bonchev–Trinajstić information content (AvgIpc) is 2.97. The van der Waals surface area contributed by atoms with Crippen LogP contribution in [0.3, 0.4) is 0 Å². The SMILES string of the molecule is COC(=O)c1ccc(=O)n(Cc2nc(-c3ccccc3)oc2C)c1. The molecule has 6 nitrogen and oxygen atoms in total. The summed E-state index contributed by atoms with van der Waals surface area (Å²) in [6.07, 6.45) is 1.46. The fourth-order valence-corrected chi connectivity index (χ4v) is 2.33. The van der Waals surface area contributed by atoms with E-state index in [0.717, 1.165) is 5.56 Å². The Morgan fingerprint density at radius 1 is 1.21 bits per heavy atom. The summed E-state index contributed by atoms with van der Waals surface area (Å²) in [6.45, 7) is 2.01. The van der Waals surface area contributed by atoms with Crippen LogP contribution in [0.4, 0.5) is 0 Å². The van der Waals surface area contributed by atoms with Crippen molar-refractivity contribution in [2.45, 2.75) is 13.5 Å². The molecule has 0 saturated heterocycles. The molecule has 0 saturated carbocycles. The molecule has 0 amide bonds. The van der Waals surface area contributed by atoms with E-state index >= 15 is 0 Å². The van der Waals surface area contributed by atoms with E-state index in [9.17, 15) is 9.59 Å². The van der Waals surface area contributed by atoms with Gasteiger partial charge in [0.2, 0.25) is 5.89 Å². The second-order valence-electron chi connectivity index (χ2n) is 5.26. The van der Waals surface area contributed by atoms with E-state index in [4.69, 9.17) is 4.42 Å². The summed E-state index contributed by atoms with van der Waals surface area (Å²) in [5.41, 5.74) is 1.58. The number of hydrogen-bond donors (Lipinski definition) is 0. The summed E-state index contributed by atoms with van der Waals surface area (Å²) in [4.78, 5) is 28.1.